The van der Waals surface area contributed by atoms with Crippen molar-refractivity contribution in [3.8, 4) is 0 Å². The molecule has 0 spiro atoms. The Labute approximate surface area is 72.4 Å². The fourth-order valence-electron chi connectivity index (χ4n) is 1.51. The molecule has 1 N–H and O–H groups in total. The lowest BCUT2D eigenvalue weighted by Crippen LogP contribution is -2.20. The molecule has 2 rings (SSSR count). The summed E-state index contributed by atoms with van der Waals surface area (Å²) >= 11 is 0. The molecule has 0 atom stereocenters. The van der Waals surface area contributed by atoms with E-state index in [0.29, 0.717) is 6.42 Å². The normalized spacial score (nSPS) is 15.2. The van der Waals surface area contributed by atoms with Crippen LogP contribution >= 0.6 is 0 Å². The first kappa shape index (κ1) is 7.41. The molecule has 2 nitrogen and oxygen atoms in total. The Morgan fingerprint density at radius 3 is 3.00 bits per heavy atom. The van der Waals surface area contributed by atoms with E-state index in [1.807, 2.05) is 12.1 Å². The van der Waals surface area contributed by atoms with E-state index in [2.05, 4.69) is 19.2 Å². The van der Waals surface area contributed by atoms with Gasteiger partial charge in [-0.05, 0) is 18.1 Å². The zero-order valence-corrected chi connectivity index (χ0v) is 7.05. The average molecular weight is 159 g/mol. The summed E-state index contributed by atoms with van der Waals surface area (Å²) in [4.78, 5) is 11.0. The van der Waals surface area contributed by atoms with Crippen LogP contribution in [0.5, 0.6) is 0 Å². The molecule has 0 aliphatic carbocycles. The van der Waals surface area contributed by atoms with E-state index in [1.165, 1.54) is 11.0 Å². The van der Waals surface area contributed by atoms with Gasteiger partial charge in [-0.3, -0.25) is 4.79 Å². The molecule has 0 saturated carbocycles. The second-order valence-corrected chi connectivity index (χ2v) is 3.21. The molecular formula is C9H10BNO. The van der Waals surface area contributed by atoms with Crippen molar-refractivity contribution in [3.05, 3.63) is 23.8 Å². The molecule has 0 fully saturated rings. The maximum absolute atomic E-state index is 11.0. The van der Waals surface area contributed by atoms with Crippen molar-refractivity contribution >= 4 is 24.9 Å². The Morgan fingerprint density at radius 2 is 2.17 bits per heavy atom. The van der Waals surface area contributed by atoms with Crippen molar-refractivity contribution in [1.29, 1.82) is 0 Å². The van der Waals surface area contributed by atoms with Crippen LogP contribution in [0.3, 0.4) is 0 Å². The highest BCUT2D eigenvalue weighted by molar-refractivity contribution is 6.32. The summed E-state index contributed by atoms with van der Waals surface area (Å²) in [6.07, 6.45) is 1.50. The molecule has 0 bridgehead atoms. The molecule has 1 aliphatic heterocycles. The molecule has 0 saturated heterocycles. The Balaban J connectivity index is 2.43. The summed E-state index contributed by atoms with van der Waals surface area (Å²) in [6.45, 7) is 0. The first-order valence-electron chi connectivity index (χ1n) is 4.15. The maximum atomic E-state index is 11.0. The fourth-order valence-corrected chi connectivity index (χ4v) is 1.51. The average Bonchev–Trinajstić information content (AvgIpc) is 2.05. The summed E-state index contributed by atoms with van der Waals surface area (Å²) < 4.78 is 0. The predicted molar refractivity (Wildman–Crippen MR) is 51.6 cm³/mol. The minimum atomic E-state index is 0.131. The van der Waals surface area contributed by atoms with Gasteiger partial charge < -0.3 is 5.32 Å². The summed E-state index contributed by atoms with van der Waals surface area (Å²) in [7, 11) is 2.07. The molecular weight excluding hydrogens is 149 g/mol. The number of anilines is 1. The predicted octanol–water partition coefficient (Wildman–Crippen LogP) is -0.170. The van der Waals surface area contributed by atoms with Crippen molar-refractivity contribution < 1.29 is 4.79 Å². The van der Waals surface area contributed by atoms with E-state index in [4.69, 9.17) is 0 Å². The minimum Gasteiger partial charge on any atom is -0.326 e. The third-order valence-electron chi connectivity index (χ3n) is 2.16. The smallest absolute Gasteiger partial charge is 0.224 e. The molecule has 60 valence electrons. The van der Waals surface area contributed by atoms with Crippen molar-refractivity contribution in [3.63, 3.8) is 0 Å². The Hall–Kier alpha value is -1.25. The number of benzene rings is 1. The van der Waals surface area contributed by atoms with Crippen LogP contribution < -0.4 is 10.8 Å². The van der Waals surface area contributed by atoms with Crippen LogP contribution in [-0.4, -0.2) is 13.8 Å². The molecule has 1 aromatic carbocycles. The lowest BCUT2D eigenvalue weighted by atomic mass is 9.91. The van der Waals surface area contributed by atoms with Crippen molar-refractivity contribution in [2.75, 3.05) is 5.32 Å². The van der Waals surface area contributed by atoms with Crippen molar-refractivity contribution in [2.45, 2.75) is 12.8 Å². The van der Waals surface area contributed by atoms with Gasteiger partial charge in [0.2, 0.25) is 5.91 Å². The second-order valence-electron chi connectivity index (χ2n) is 3.21. The van der Waals surface area contributed by atoms with Gasteiger partial charge in [-0.25, -0.2) is 0 Å². The molecule has 1 aromatic rings. The number of carbonyl (C=O) groups excluding carboxylic acids is 1. The number of carbonyl (C=O) groups is 1. The first-order chi connectivity index (χ1) is 5.75. The van der Waals surface area contributed by atoms with Gasteiger partial charge in [0, 0.05) is 12.1 Å². The quantitative estimate of drug-likeness (QED) is 0.523. The lowest BCUT2D eigenvalue weighted by molar-refractivity contribution is -0.116. The number of rotatable bonds is 0. The highest BCUT2D eigenvalue weighted by Crippen LogP contribution is 2.20. The number of hydrogen-bond acceptors (Lipinski definition) is 1. The topological polar surface area (TPSA) is 29.1 Å². The molecule has 12 heavy (non-hydrogen) atoms. The van der Waals surface area contributed by atoms with Gasteiger partial charge >= 0.3 is 0 Å². The zero-order chi connectivity index (χ0) is 8.55. The summed E-state index contributed by atoms with van der Waals surface area (Å²) in [5, 5.41) is 2.85. The number of amides is 1. The second kappa shape index (κ2) is 2.66. The van der Waals surface area contributed by atoms with Gasteiger partial charge in [-0.15, -0.1) is 0 Å². The molecule has 1 amide bonds. The minimum absolute atomic E-state index is 0.131. The summed E-state index contributed by atoms with van der Waals surface area (Å²) in [5.74, 6) is 0.131. The van der Waals surface area contributed by atoms with Crippen LogP contribution in [0, 0.1) is 0 Å². The van der Waals surface area contributed by atoms with E-state index in [0.717, 1.165) is 12.1 Å². The van der Waals surface area contributed by atoms with Crippen molar-refractivity contribution in [1.82, 2.24) is 0 Å². The van der Waals surface area contributed by atoms with Crippen LogP contribution in [0.2, 0.25) is 0 Å². The Kier molecular flexibility index (Phi) is 1.64. The van der Waals surface area contributed by atoms with E-state index < -0.39 is 0 Å². The molecule has 0 radical (unpaired) electrons. The van der Waals surface area contributed by atoms with Crippen LogP contribution in [0.1, 0.15) is 12.0 Å². The van der Waals surface area contributed by atoms with Crippen LogP contribution in [0.25, 0.3) is 0 Å². The van der Waals surface area contributed by atoms with E-state index in [1.54, 1.807) is 0 Å². The van der Waals surface area contributed by atoms with Crippen LogP contribution in [-0.2, 0) is 11.2 Å². The monoisotopic (exact) mass is 159 g/mol. The molecule has 0 aromatic heterocycles. The van der Waals surface area contributed by atoms with Crippen molar-refractivity contribution in [2.24, 2.45) is 0 Å². The zero-order valence-electron chi connectivity index (χ0n) is 7.05. The van der Waals surface area contributed by atoms with Crippen LogP contribution in [0.4, 0.5) is 5.69 Å². The van der Waals surface area contributed by atoms with Gasteiger partial charge in [0.15, 0.2) is 0 Å². The molecule has 3 heteroatoms. The number of aryl methyl sites for hydroxylation is 1. The SMILES string of the molecule is Bc1ccc2c(c1)CCC(=O)N2. The standard InChI is InChI=1S/C9H10BNO/c10-7-2-3-8-6(5-7)1-4-9(12)11-8/h2-3,5H,1,4,10H2,(H,11,12). The highest BCUT2D eigenvalue weighted by atomic mass is 16.1. The van der Waals surface area contributed by atoms with Crippen LogP contribution in [0.15, 0.2) is 18.2 Å². The fraction of sp³-hybridized carbons (Fsp3) is 0.222. The number of hydrogen-bond donors (Lipinski definition) is 1. The first-order valence-corrected chi connectivity index (χ1v) is 4.15. The molecule has 1 heterocycles. The van der Waals surface area contributed by atoms with Gasteiger partial charge in [-0.2, -0.15) is 0 Å². The van der Waals surface area contributed by atoms with Gasteiger partial charge in [0.25, 0.3) is 0 Å². The van der Waals surface area contributed by atoms with E-state index in [-0.39, 0.29) is 5.91 Å². The van der Waals surface area contributed by atoms with Gasteiger partial charge in [0.05, 0.1) is 0 Å². The lowest BCUT2D eigenvalue weighted by Gasteiger charge is -2.16. The van der Waals surface area contributed by atoms with Gasteiger partial charge in [-0.1, -0.05) is 17.6 Å². The Morgan fingerprint density at radius 1 is 1.33 bits per heavy atom. The van der Waals surface area contributed by atoms with Gasteiger partial charge in [0.1, 0.15) is 7.85 Å². The summed E-state index contributed by atoms with van der Waals surface area (Å²) in [5.41, 5.74) is 3.50. The third-order valence-corrected chi connectivity index (χ3v) is 2.16. The third kappa shape index (κ3) is 1.22. The highest BCUT2D eigenvalue weighted by Gasteiger charge is 2.13. The molecule has 0 unspecified atom stereocenters. The largest absolute Gasteiger partial charge is 0.326 e. The molecule has 1 aliphatic rings. The number of fused-ring (bicyclic) bond motifs is 1. The maximum Gasteiger partial charge on any atom is 0.224 e. The number of nitrogens with one attached hydrogen (secondary N) is 1. The Bertz CT molecular complexity index is 335. The van der Waals surface area contributed by atoms with E-state index in [9.17, 15) is 4.79 Å². The summed E-state index contributed by atoms with van der Waals surface area (Å²) in [6, 6.07) is 6.13. The van der Waals surface area contributed by atoms with E-state index >= 15 is 0 Å².